The molecule has 6 nitrogen and oxygen atoms in total. The lowest BCUT2D eigenvalue weighted by molar-refractivity contribution is -0.137. The number of hydrogen-bond donors (Lipinski definition) is 2. The summed E-state index contributed by atoms with van der Waals surface area (Å²) in [6, 6.07) is 24.2. The molecule has 1 aromatic heterocycles. The molecule has 2 N–H and O–H groups in total. The van der Waals surface area contributed by atoms with Crippen molar-refractivity contribution in [2.24, 2.45) is 0 Å². The maximum Gasteiger partial charge on any atom is 0.328 e. The van der Waals surface area contributed by atoms with Gasteiger partial charge >= 0.3 is 11.9 Å². The number of aromatic nitrogens is 1. The average Bonchev–Trinajstić information content (AvgIpc) is 3.28. The zero-order valence-electron chi connectivity index (χ0n) is 21.1. The summed E-state index contributed by atoms with van der Waals surface area (Å²) in [7, 11) is 0. The van der Waals surface area contributed by atoms with E-state index >= 15 is 0 Å². The lowest BCUT2D eigenvalue weighted by atomic mass is 10.0. The fraction of sp³-hybridized carbons (Fsp3) is 0.188. The van der Waals surface area contributed by atoms with Crippen LogP contribution in [0.4, 0.5) is 0 Å². The van der Waals surface area contributed by atoms with Crippen LogP contribution in [0.1, 0.15) is 41.5 Å². The standard InChI is InChI=1S/C32H31NO5/c34-30(35)12-5-21-33-23-27(17-20-31(36)37)32-26(10-4-11-29(32)33)16-13-25-14-18-28(19-15-25)38-22-6-9-24-7-2-1-3-8-24/h1-4,7-8,10-11,13-20,23H,5-6,9,12,21-22H2,(H,34,35)(H,36,37)/b16-13+,20-17+. The predicted octanol–water partition coefficient (Wildman–Crippen LogP) is 6.79. The second kappa shape index (κ2) is 13.1. The van der Waals surface area contributed by atoms with E-state index in [-0.39, 0.29) is 6.42 Å². The average molecular weight is 510 g/mol. The largest absolute Gasteiger partial charge is 0.494 e. The Morgan fingerprint density at radius 1 is 0.816 bits per heavy atom. The number of rotatable bonds is 13. The van der Waals surface area contributed by atoms with E-state index in [1.807, 2.05) is 71.4 Å². The molecule has 0 radical (unpaired) electrons. The van der Waals surface area contributed by atoms with Crippen molar-refractivity contribution in [1.82, 2.24) is 4.57 Å². The van der Waals surface area contributed by atoms with Crippen molar-refractivity contribution in [1.29, 1.82) is 0 Å². The van der Waals surface area contributed by atoms with Gasteiger partial charge in [-0.15, -0.1) is 0 Å². The third kappa shape index (κ3) is 7.46. The molecular formula is C32H31NO5. The van der Waals surface area contributed by atoms with Gasteiger partial charge < -0.3 is 19.5 Å². The lowest BCUT2D eigenvalue weighted by Crippen LogP contribution is -2.00. The van der Waals surface area contributed by atoms with Crippen LogP contribution in [0.15, 0.2) is 85.1 Å². The molecule has 0 saturated carbocycles. The van der Waals surface area contributed by atoms with Gasteiger partial charge in [-0.05, 0) is 60.2 Å². The van der Waals surface area contributed by atoms with Crippen molar-refractivity contribution >= 4 is 41.1 Å². The zero-order valence-corrected chi connectivity index (χ0v) is 21.1. The van der Waals surface area contributed by atoms with Gasteiger partial charge in [-0.25, -0.2) is 4.79 Å². The Morgan fingerprint density at radius 2 is 1.61 bits per heavy atom. The number of carboxylic acid groups (broad SMARTS) is 2. The molecule has 0 bridgehead atoms. The third-order valence-electron chi connectivity index (χ3n) is 6.22. The molecule has 0 amide bonds. The van der Waals surface area contributed by atoms with E-state index in [0.29, 0.717) is 19.6 Å². The fourth-order valence-corrected chi connectivity index (χ4v) is 4.40. The highest BCUT2D eigenvalue weighted by molar-refractivity contribution is 5.99. The summed E-state index contributed by atoms with van der Waals surface area (Å²) in [6.45, 7) is 1.19. The van der Waals surface area contributed by atoms with Crippen molar-refractivity contribution in [2.45, 2.75) is 32.2 Å². The Morgan fingerprint density at radius 3 is 2.34 bits per heavy atom. The minimum atomic E-state index is -1.02. The molecule has 4 aromatic rings. The van der Waals surface area contributed by atoms with E-state index < -0.39 is 11.9 Å². The van der Waals surface area contributed by atoms with Gasteiger partial charge in [0, 0.05) is 41.7 Å². The van der Waals surface area contributed by atoms with Gasteiger partial charge in [-0.1, -0.05) is 66.7 Å². The lowest BCUT2D eigenvalue weighted by Gasteiger charge is -2.07. The zero-order chi connectivity index (χ0) is 26.7. The van der Waals surface area contributed by atoms with Crippen molar-refractivity contribution in [3.63, 3.8) is 0 Å². The highest BCUT2D eigenvalue weighted by atomic mass is 16.5. The summed E-state index contributed by atoms with van der Waals surface area (Å²) in [4.78, 5) is 22.1. The summed E-state index contributed by atoms with van der Waals surface area (Å²) in [5.41, 5.74) is 4.98. The summed E-state index contributed by atoms with van der Waals surface area (Å²) in [5.74, 6) is -1.02. The highest BCUT2D eigenvalue weighted by Crippen LogP contribution is 2.28. The molecule has 1 heterocycles. The van der Waals surface area contributed by atoms with Gasteiger partial charge in [-0.3, -0.25) is 4.79 Å². The summed E-state index contributed by atoms with van der Waals surface area (Å²) in [6.07, 6.45) is 11.1. The SMILES string of the molecule is O=C(O)/C=C/c1cn(CCCC(=O)O)c2cccc(/C=C/c3ccc(OCCCc4ccccc4)cc3)c12. The maximum atomic E-state index is 11.2. The molecule has 194 valence electrons. The molecule has 0 aliphatic heterocycles. The Hall–Kier alpha value is -4.58. The van der Waals surface area contributed by atoms with Crippen molar-refractivity contribution < 1.29 is 24.5 Å². The van der Waals surface area contributed by atoms with E-state index in [9.17, 15) is 9.59 Å². The smallest absolute Gasteiger partial charge is 0.328 e. The number of aliphatic carboxylic acids is 2. The van der Waals surface area contributed by atoms with Crippen molar-refractivity contribution in [3.8, 4) is 5.75 Å². The van der Waals surface area contributed by atoms with Crippen LogP contribution in [0.25, 0.3) is 29.1 Å². The quantitative estimate of drug-likeness (QED) is 0.118. The molecule has 0 saturated heterocycles. The van der Waals surface area contributed by atoms with Crippen LogP contribution in [0.3, 0.4) is 0 Å². The van der Waals surface area contributed by atoms with Crippen LogP contribution in [-0.4, -0.2) is 33.3 Å². The summed E-state index contributed by atoms with van der Waals surface area (Å²) in [5, 5.41) is 19.1. The number of ether oxygens (including phenoxy) is 1. The molecule has 0 aliphatic carbocycles. The minimum Gasteiger partial charge on any atom is -0.494 e. The van der Waals surface area contributed by atoms with Crippen molar-refractivity contribution in [2.75, 3.05) is 6.61 Å². The normalized spacial score (nSPS) is 11.5. The number of hydrogen-bond acceptors (Lipinski definition) is 3. The van der Waals surface area contributed by atoms with E-state index in [2.05, 4.69) is 24.3 Å². The first-order valence-electron chi connectivity index (χ1n) is 12.7. The molecule has 3 aromatic carbocycles. The number of carbonyl (C=O) groups is 2. The Bertz CT molecular complexity index is 1430. The molecule has 6 heteroatoms. The molecule has 0 aliphatic rings. The molecule has 38 heavy (non-hydrogen) atoms. The highest BCUT2D eigenvalue weighted by Gasteiger charge is 2.11. The first kappa shape index (κ1) is 26.5. The number of fused-ring (bicyclic) bond motifs is 1. The van der Waals surface area contributed by atoms with Gasteiger partial charge in [0.05, 0.1) is 6.61 Å². The monoisotopic (exact) mass is 509 g/mol. The summed E-state index contributed by atoms with van der Waals surface area (Å²) < 4.78 is 7.88. The van der Waals surface area contributed by atoms with Gasteiger partial charge in [-0.2, -0.15) is 0 Å². The second-order valence-corrected chi connectivity index (χ2v) is 9.03. The van der Waals surface area contributed by atoms with E-state index in [1.165, 1.54) is 5.56 Å². The van der Waals surface area contributed by atoms with E-state index in [1.54, 1.807) is 6.08 Å². The molecule has 0 fully saturated rings. The third-order valence-corrected chi connectivity index (χ3v) is 6.22. The fourth-order valence-electron chi connectivity index (χ4n) is 4.40. The first-order valence-corrected chi connectivity index (χ1v) is 12.7. The number of nitrogens with zero attached hydrogens (tertiary/aromatic N) is 1. The number of benzene rings is 3. The van der Waals surface area contributed by atoms with Crippen LogP contribution in [0, 0.1) is 0 Å². The molecule has 4 rings (SSSR count). The van der Waals surface area contributed by atoms with E-state index in [4.69, 9.17) is 14.9 Å². The molecular weight excluding hydrogens is 478 g/mol. The van der Waals surface area contributed by atoms with Gasteiger partial charge in [0.15, 0.2) is 0 Å². The van der Waals surface area contributed by atoms with Gasteiger partial charge in [0.1, 0.15) is 5.75 Å². The topological polar surface area (TPSA) is 88.8 Å². The number of carboxylic acids is 2. The van der Waals surface area contributed by atoms with Gasteiger partial charge in [0.25, 0.3) is 0 Å². The first-order chi connectivity index (χ1) is 18.5. The van der Waals surface area contributed by atoms with Crippen LogP contribution < -0.4 is 4.74 Å². The Kier molecular flexibility index (Phi) is 9.13. The Balaban J connectivity index is 1.46. The molecule has 0 unspecified atom stereocenters. The summed E-state index contributed by atoms with van der Waals surface area (Å²) >= 11 is 0. The van der Waals surface area contributed by atoms with E-state index in [0.717, 1.165) is 52.3 Å². The van der Waals surface area contributed by atoms with Crippen LogP contribution >= 0.6 is 0 Å². The van der Waals surface area contributed by atoms with Crippen molar-refractivity contribution in [3.05, 3.63) is 107 Å². The second-order valence-electron chi connectivity index (χ2n) is 9.03. The van der Waals surface area contributed by atoms with Gasteiger partial charge in [0.2, 0.25) is 0 Å². The van der Waals surface area contributed by atoms with Crippen LogP contribution in [0.5, 0.6) is 5.75 Å². The van der Waals surface area contributed by atoms with Crippen LogP contribution in [-0.2, 0) is 22.6 Å². The molecule has 0 atom stereocenters. The number of aryl methyl sites for hydroxylation is 2. The Labute approximate surface area is 222 Å². The minimum absolute atomic E-state index is 0.0757. The van der Waals surface area contributed by atoms with Crippen LogP contribution in [0.2, 0.25) is 0 Å². The maximum absolute atomic E-state index is 11.2. The molecule has 0 spiro atoms. The predicted molar refractivity (Wildman–Crippen MR) is 151 cm³/mol.